The number of aromatic nitrogens is 1. The molecule has 2 aromatic heterocycles. The number of thiophene rings is 1. The number of hydrogen-bond donors (Lipinski definition) is 1. The van der Waals surface area contributed by atoms with Crippen LogP contribution < -0.4 is 5.32 Å². The second-order valence-corrected chi connectivity index (χ2v) is 9.01. The Balaban J connectivity index is 1.23. The molecule has 1 unspecified atom stereocenters. The average Bonchev–Trinajstić information content (AvgIpc) is 3.32. The van der Waals surface area contributed by atoms with Crippen LogP contribution in [0, 0.1) is 5.92 Å². The van der Waals surface area contributed by atoms with Gasteiger partial charge in [0.05, 0.1) is 12.5 Å². The zero-order chi connectivity index (χ0) is 20.8. The lowest BCUT2D eigenvalue weighted by molar-refractivity contribution is -0.138. The lowest BCUT2D eigenvalue weighted by Crippen LogP contribution is -2.53. The average molecular weight is 428 g/mol. The van der Waals surface area contributed by atoms with E-state index in [0.29, 0.717) is 13.1 Å². The van der Waals surface area contributed by atoms with E-state index in [1.165, 1.54) is 5.56 Å². The Morgan fingerprint density at radius 1 is 1.07 bits per heavy atom. The third-order valence-electron chi connectivity index (χ3n) is 5.89. The quantitative estimate of drug-likeness (QED) is 0.796. The molecule has 4 rings (SSSR count). The Bertz CT molecular complexity index is 821. The maximum absolute atomic E-state index is 13.1. The van der Waals surface area contributed by atoms with Crippen LogP contribution in [0.5, 0.6) is 0 Å². The number of nitrogens with zero attached hydrogens (tertiary/aromatic N) is 4. The number of carbonyl (C=O) groups excluding carboxylic acids is 2. The molecule has 0 spiro atoms. The predicted molar refractivity (Wildman–Crippen MR) is 117 cm³/mol. The molecule has 4 heterocycles. The van der Waals surface area contributed by atoms with Crippen LogP contribution >= 0.6 is 11.3 Å². The lowest BCUT2D eigenvalue weighted by Gasteiger charge is -2.39. The molecule has 0 radical (unpaired) electrons. The van der Waals surface area contributed by atoms with E-state index in [1.807, 2.05) is 46.9 Å². The standard InChI is InChI=1S/C22H29N5O2S/c28-21(26-12-10-25(11-13-26)16-18-5-7-23-8-6-18)19-3-1-9-27(17-19)22(29)24-15-20-4-2-14-30-20/h2,4-8,14,19H,1,3,9-13,15-17H2,(H,24,29). The Hall–Kier alpha value is -2.45. The summed E-state index contributed by atoms with van der Waals surface area (Å²) < 4.78 is 0. The molecule has 0 saturated carbocycles. The van der Waals surface area contributed by atoms with Crippen LogP contribution in [0.3, 0.4) is 0 Å². The van der Waals surface area contributed by atoms with Gasteiger partial charge in [-0.2, -0.15) is 0 Å². The molecule has 2 aliphatic heterocycles. The number of nitrogens with one attached hydrogen (secondary N) is 1. The minimum atomic E-state index is -0.0852. The highest BCUT2D eigenvalue weighted by molar-refractivity contribution is 7.09. The number of pyridine rings is 1. The van der Waals surface area contributed by atoms with E-state index < -0.39 is 0 Å². The number of piperazine rings is 1. The van der Waals surface area contributed by atoms with Crippen molar-refractivity contribution in [2.24, 2.45) is 5.92 Å². The molecule has 2 aliphatic rings. The van der Waals surface area contributed by atoms with Crippen LogP contribution in [-0.4, -0.2) is 70.9 Å². The SMILES string of the molecule is O=C(NCc1cccs1)N1CCCC(C(=O)N2CCN(Cc3ccncc3)CC2)C1. The smallest absolute Gasteiger partial charge is 0.317 e. The van der Waals surface area contributed by atoms with Crippen molar-refractivity contribution in [1.29, 1.82) is 0 Å². The molecular weight excluding hydrogens is 398 g/mol. The summed E-state index contributed by atoms with van der Waals surface area (Å²) in [5, 5.41) is 4.99. The summed E-state index contributed by atoms with van der Waals surface area (Å²) in [7, 11) is 0. The van der Waals surface area contributed by atoms with Crippen LogP contribution in [0.2, 0.25) is 0 Å². The normalized spacial score (nSPS) is 20.2. The molecule has 2 aromatic rings. The van der Waals surface area contributed by atoms with Gasteiger partial charge in [0.2, 0.25) is 5.91 Å². The van der Waals surface area contributed by atoms with Gasteiger partial charge in [0.25, 0.3) is 0 Å². The molecule has 8 heteroatoms. The Labute approximate surface area is 181 Å². The largest absolute Gasteiger partial charge is 0.340 e. The van der Waals surface area contributed by atoms with Crippen molar-refractivity contribution in [3.63, 3.8) is 0 Å². The second kappa shape index (κ2) is 10.0. The van der Waals surface area contributed by atoms with Crippen LogP contribution in [0.25, 0.3) is 0 Å². The summed E-state index contributed by atoms with van der Waals surface area (Å²) >= 11 is 1.64. The first-order valence-corrected chi connectivity index (χ1v) is 11.5. The van der Waals surface area contributed by atoms with Crippen molar-refractivity contribution in [3.8, 4) is 0 Å². The van der Waals surface area contributed by atoms with Crippen molar-refractivity contribution < 1.29 is 9.59 Å². The number of amides is 3. The molecule has 0 bridgehead atoms. The third-order valence-corrected chi connectivity index (χ3v) is 6.77. The Kier molecular flexibility index (Phi) is 6.96. The molecule has 1 atom stereocenters. The number of hydrogen-bond acceptors (Lipinski definition) is 5. The molecule has 7 nitrogen and oxygen atoms in total. The van der Waals surface area contributed by atoms with E-state index in [9.17, 15) is 9.59 Å². The van der Waals surface area contributed by atoms with Gasteiger partial charge in [-0.25, -0.2) is 4.79 Å². The zero-order valence-electron chi connectivity index (χ0n) is 17.2. The van der Waals surface area contributed by atoms with Gasteiger partial charge in [0.15, 0.2) is 0 Å². The number of urea groups is 1. The van der Waals surface area contributed by atoms with Gasteiger partial charge in [-0.1, -0.05) is 6.07 Å². The highest BCUT2D eigenvalue weighted by atomic mass is 32.1. The maximum atomic E-state index is 13.1. The van der Waals surface area contributed by atoms with E-state index in [0.717, 1.165) is 57.0 Å². The summed E-state index contributed by atoms with van der Waals surface area (Å²) in [6.45, 7) is 5.96. The predicted octanol–water partition coefficient (Wildman–Crippen LogP) is 2.41. The van der Waals surface area contributed by atoms with E-state index in [4.69, 9.17) is 0 Å². The first-order valence-electron chi connectivity index (χ1n) is 10.6. The lowest BCUT2D eigenvalue weighted by atomic mass is 9.96. The van der Waals surface area contributed by atoms with Crippen molar-refractivity contribution in [1.82, 2.24) is 25.0 Å². The second-order valence-electron chi connectivity index (χ2n) is 7.98. The van der Waals surface area contributed by atoms with Crippen LogP contribution in [0.4, 0.5) is 4.79 Å². The van der Waals surface area contributed by atoms with Gasteiger partial charge in [0, 0.05) is 63.1 Å². The summed E-state index contributed by atoms with van der Waals surface area (Å²) in [5.41, 5.74) is 1.25. The molecule has 2 fully saturated rings. The molecule has 2 saturated heterocycles. The van der Waals surface area contributed by atoms with Crippen LogP contribution in [0.15, 0.2) is 42.0 Å². The zero-order valence-corrected chi connectivity index (χ0v) is 18.0. The van der Waals surface area contributed by atoms with Crippen LogP contribution in [0.1, 0.15) is 23.3 Å². The van der Waals surface area contributed by atoms with Gasteiger partial charge in [-0.15, -0.1) is 11.3 Å². The van der Waals surface area contributed by atoms with Gasteiger partial charge < -0.3 is 15.1 Å². The summed E-state index contributed by atoms with van der Waals surface area (Å²) in [6, 6.07) is 8.01. The highest BCUT2D eigenvalue weighted by Gasteiger charge is 2.32. The molecule has 1 N–H and O–H groups in total. The van der Waals surface area contributed by atoms with Gasteiger partial charge in [-0.3, -0.25) is 14.7 Å². The van der Waals surface area contributed by atoms with Crippen molar-refractivity contribution >= 4 is 23.3 Å². The van der Waals surface area contributed by atoms with Crippen molar-refractivity contribution in [3.05, 3.63) is 52.5 Å². The summed E-state index contributed by atoms with van der Waals surface area (Å²) in [5.74, 6) is 0.118. The first kappa shape index (κ1) is 20.8. The van der Waals surface area contributed by atoms with Crippen LogP contribution in [-0.2, 0) is 17.9 Å². The van der Waals surface area contributed by atoms with E-state index in [-0.39, 0.29) is 17.9 Å². The molecule has 160 valence electrons. The fourth-order valence-corrected chi connectivity index (χ4v) is 4.83. The number of rotatable bonds is 5. The molecule has 3 amide bonds. The molecule has 0 aliphatic carbocycles. The summed E-state index contributed by atoms with van der Waals surface area (Å²) in [4.78, 5) is 37.0. The Morgan fingerprint density at radius 2 is 1.87 bits per heavy atom. The highest BCUT2D eigenvalue weighted by Crippen LogP contribution is 2.20. The number of likely N-dealkylation sites (tertiary alicyclic amines) is 1. The monoisotopic (exact) mass is 427 g/mol. The van der Waals surface area contributed by atoms with E-state index >= 15 is 0 Å². The maximum Gasteiger partial charge on any atom is 0.317 e. The topological polar surface area (TPSA) is 68.8 Å². The summed E-state index contributed by atoms with van der Waals surface area (Å²) in [6.07, 6.45) is 5.39. The number of carbonyl (C=O) groups is 2. The van der Waals surface area contributed by atoms with Crippen molar-refractivity contribution in [2.75, 3.05) is 39.3 Å². The number of piperidine rings is 1. The van der Waals surface area contributed by atoms with Gasteiger partial charge in [-0.05, 0) is 42.0 Å². The van der Waals surface area contributed by atoms with E-state index in [2.05, 4.69) is 15.2 Å². The Morgan fingerprint density at radius 3 is 2.60 bits per heavy atom. The molecule has 30 heavy (non-hydrogen) atoms. The third kappa shape index (κ3) is 5.37. The van der Waals surface area contributed by atoms with Gasteiger partial charge >= 0.3 is 6.03 Å². The molecular formula is C22H29N5O2S. The molecule has 0 aromatic carbocycles. The van der Waals surface area contributed by atoms with E-state index in [1.54, 1.807) is 16.2 Å². The fourth-order valence-electron chi connectivity index (χ4n) is 4.18. The minimum Gasteiger partial charge on any atom is -0.340 e. The fraction of sp³-hybridized carbons (Fsp3) is 0.500. The van der Waals surface area contributed by atoms with Crippen molar-refractivity contribution in [2.45, 2.75) is 25.9 Å². The first-order chi connectivity index (χ1) is 14.7. The van der Waals surface area contributed by atoms with Gasteiger partial charge in [0.1, 0.15) is 0 Å². The minimum absolute atomic E-state index is 0.0666.